The zero-order chi connectivity index (χ0) is 13.9. The Morgan fingerprint density at radius 2 is 1.90 bits per heavy atom. The van der Waals surface area contributed by atoms with Crippen molar-refractivity contribution in [1.82, 2.24) is 9.97 Å². The lowest BCUT2D eigenvalue weighted by molar-refractivity contribution is 1.23. The molecule has 0 radical (unpaired) electrons. The van der Waals surface area contributed by atoms with Crippen molar-refractivity contribution in [2.24, 2.45) is 5.84 Å². The van der Waals surface area contributed by atoms with E-state index in [0.717, 1.165) is 26.9 Å². The van der Waals surface area contributed by atoms with Crippen LogP contribution in [0.5, 0.6) is 0 Å². The van der Waals surface area contributed by atoms with Gasteiger partial charge in [0.1, 0.15) is 10.8 Å². The summed E-state index contributed by atoms with van der Waals surface area (Å²) in [6.07, 6.45) is 1.70. The molecule has 20 heavy (non-hydrogen) atoms. The molecule has 6 heteroatoms. The highest BCUT2D eigenvalue weighted by atomic mass is 35.5. The van der Waals surface area contributed by atoms with Gasteiger partial charge >= 0.3 is 0 Å². The minimum Gasteiger partial charge on any atom is -0.308 e. The highest BCUT2D eigenvalue weighted by Gasteiger charge is 2.07. The maximum atomic E-state index is 5.89. The Labute approximate surface area is 125 Å². The number of nitrogen functional groups attached to an aromatic ring is 1. The van der Waals surface area contributed by atoms with Gasteiger partial charge in [-0.2, -0.15) is 0 Å². The molecule has 0 bridgehead atoms. The van der Waals surface area contributed by atoms with E-state index in [1.807, 2.05) is 41.8 Å². The van der Waals surface area contributed by atoms with Crippen LogP contribution in [0.15, 0.2) is 48.0 Å². The second-order valence-corrected chi connectivity index (χ2v) is 5.41. The predicted molar refractivity (Wildman–Crippen MR) is 83.6 cm³/mol. The van der Waals surface area contributed by atoms with E-state index >= 15 is 0 Å². The van der Waals surface area contributed by atoms with E-state index in [2.05, 4.69) is 15.4 Å². The molecular formula is C14H11ClN4S. The van der Waals surface area contributed by atoms with Gasteiger partial charge in [0, 0.05) is 27.7 Å². The number of halogens is 1. The van der Waals surface area contributed by atoms with Gasteiger partial charge in [0.05, 0.1) is 5.69 Å². The number of anilines is 1. The summed E-state index contributed by atoms with van der Waals surface area (Å²) in [7, 11) is 0. The average molecular weight is 303 g/mol. The number of nitrogens with one attached hydrogen (secondary N) is 1. The standard InChI is InChI=1S/C14H11ClN4S/c15-11-3-1-9(2-4-11)12-8-20-14(18-12)10-5-6-17-13(7-10)19-16/h1-8H,16H2,(H,17,19). The topological polar surface area (TPSA) is 63.8 Å². The Balaban J connectivity index is 1.95. The van der Waals surface area contributed by atoms with E-state index in [9.17, 15) is 0 Å². The van der Waals surface area contributed by atoms with Crippen molar-refractivity contribution in [1.29, 1.82) is 0 Å². The zero-order valence-electron chi connectivity index (χ0n) is 10.4. The van der Waals surface area contributed by atoms with Gasteiger partial charge in [-0.3, -0.25) is 0 Å². The van der Waals surface area contributed by atoms with Gasteiger partial charge in [0.15, 0.2) is 0 Å². The first kappa shape index (κ1) is 13.1. The van der Waals surface area contributed by atoms with Gasteiger partial charge in [-0.25, -0.2) is 15.8 Å². The van der Waals surface area contributed by atoms with Crippen molar-refractivity contribution in [2.75, 3.05) is 5.43 Å². The van der Waals surface area contributed by atoms with Crippen LogP contribution < -0.4 is 11.3 Å². The number of hydrazine groups is 1. The van der Waals surface area contributed by atoms with Crippen molar-refractivity contribution in [3.8, 4) is 21.8 Å². The maximum absolute atomic E-state index is 5.89. The Morgan fingerprint density at radius 1 is 1.10 bits per heavy atom. The van der Waals surface area contributed by atoms with Crippen molar-refractivity contribution in [3.63, 3.8) is 0 Å². The molecule has 2 aromatic heterocycles. The fraction of sp³-hybridized carbons (Fsp3) is 0. The van der Waals surface area contributed by atoms with Crippen molar-refractivity contribution >= 4 is 28.8 Å². The second kappa shape index (κ2) is 5.58. The SMILES string of the molecule is NNc1cc(-c2nc(-c3ccc(Cl)cc3)cs2)ccn1. The molecule has 0 spiro atoms. The largest absolute Gasteiger partial charge is 0.308 e. The van der Waals surface area contributed by atoms with Crippen LogP contribution in [0, 0.1) is 0 Å². The Morgan fingerprint density at radius 3 is 2.65 bits per heavy atom. The van der Waals surface area contributed by atoms with Crippen molar-refractivity contribution in [2.45, 2.75) is 0 Å². The number of hydrogen-bond donors (Lipinski definition) is 2. The first-order chi connectivity index (χ1) is 9.76. The molecule has 0 fully saturated rings. The number of aromatic nitrogens is 2. The summed E-state index contributed by atoms with van der Waals surface area (Å²) >= 11 is 7.47. The molecule has 3 N–H and O–H groups in total. The summed E-state index contributed by atoms with van der Waals surface area (Å²) in [5.74, 6) is 5.98. The van der Waals surface area contributed by atoms with E-state index in [0.29, 0.717) is 5.82 Å². The summed E-state index contributed by atoms with van der Waals surface area (Å²) < 4.78 is 0. The first-order valence-electron chi connectivity index (χ1n) is 5.91. The number of rotatable bonds is 3. The molecule has 3 aromatic rings. The first-order valence-corrected chi connectivity index (χ1v) is 7.16. The van der Waals surface area contributed by atoms with Gasteiger partial charge in [-0.05, 0) is 24.3 Å². The molecule has 0 amide bonds. The molecule has 2 heterocycles. The molecule has 0 saturated heterocycles. The summed E-state index contributed by atoms with van der Waals surface area (Å²) in [5, 5.41) is 3.67. The van der Waals surface area contributed by atoms with Gasteiger partial charge < -0.3 is 5.43 Å². The van der Waals surface area contributed by atoms with Crippen LogP contribution in [0.25, 0.3) is 21.8 Å². The average Bonchev–Trinajstić information content (AvgIpc) is 2.98. The highest BCUT2D eigenvalue weighted by molar-refractivity contribution is 7.13. The van der Waals surface area contributed by atoms with Crippen LogP contribution in [-0.2, 0) is 0 Å². The lowest BCUT2D eigenvalue weighted by atomic mass is 10.2. The smallest absolute Gasteiger partial charge is 0.140 e. The van der Waals surface area contributed by atoms with E-state index in [1.165, 1.54) is 0 Å². The highest BCUT2D eigenvalue weighted by Crippen LogP contribution is 2.29. The van der Waals surface area contributed by atoms with Gasteiger partial charge in [-0.1, -0.05) is 23.7 Å². The van der Waals surface area contributed by atoms with Crippen LogP contribution in [0.3, 0.4) is 0 Å². The molecule has 0 aliphatic carbocycles. The normalized spacial score (nSPS) is 10.5. The van der Waals surface area contributed by atoms with E-state index in [1.54, 1.807) is 17.5 Å². The third kappa shape index (κ3) is 2.65. The molecule has 3 rings (SSSR count). The fourth-order valence-electron chi connectivity index (χ4n) is 1.80. The van der Waals surface area contributed by atoms with Crippen LogP contribution in [0.4, 0.5) is 5.82 Å². The van der Waals surface area contributed by atoms with Crippen LogP contribution >= 0.6 is 22.9 Å². The number of hydrogen-bond acceptors (Lipinski definition) is 5. The third-order valence-electron chi connectivity index (χ3n) is 2.80. The van der Waals surface area contributed by atoms with Crippen LogP contribution in [-0.4, -0.2) is 9.97 Å². The Hall–Kier alpha value is -1.95. The quantitative estimate of drug-likeness (QED) is 0.570. The summed E-state index contributed by atoms with van der Waals surface area (Å²) in [6, 6.07) is 11.4. The van der Waals surface area contributed by atoms with Crippen molar-refractivity contribution in [3.05, 3.63) is 53.0 Å². The number of thiazole rings is 1. The lowest BCUT2D eigenvalue weighted by Crippen LogP contribution is -2.08. The minimum absolute atomic E-state index is 0.616. The van der Waals surface area contributed by atoms with Crippen molar-refractivity contribution < 1.29 is 0 Å². The van der Waals surface area contributed by atoms with E-state index in [-0.39, 0.29) is 0 Å². The summed E-state index contributed by atoms with van der Waals surface area (Å²) in [6.45, 7) is 0. The molecule has 4 nitrogen and oxygen atoms in total. The molecule has 0 unspecified atom stereocenters. The lowest BCUT2D eigenvalue weighted by Gasteiger charge is -2.00. The van der Waals surface area contributed by atoms with Gasteiger partial charge in [0.2, 0.25) is 0 Å². The molecule has 100 valence electrons. The van der Waals surface area contributed by atoms with Crippen LogP contribution in [0.2, 0.25) is 5.02 Å². The molecule has 0 atom stereocenters. The molecule has 0 saturated carbocycles. The third-order valence-corrected chi connectivity index (χ3v) is 3.94. The number of benzene rings is 1. The van der Waals surface area contributed by atoms with E-state index < -0.39 is 0 Å². The van der Waals surface area contributed by atoms with Gasteiger partial charge in [0.25, 0.3) is 0 Å². The summed E-state index contributed by atoms with van der Waals surface area (Å²) in [4.78, 5) is 8.72. The monoisotopic (exact) mass is 302 g/mol. The Kier molecular flexibility index (Phi) is 3.64. The van der Waals surface area contributed by atoms with E-state index in [4.69, 9.17) is 17.4 Å². The summed E-state index contributed by atoms with van der Waals surface area (Å²) in [5.41, 5.74) is 5.49. The number of nitrogens with zero attached hydrogens (tertiary/aromatic N) is 2. The van der Waals surface area contributed by atoms with Gasteiger partial charge in [-0.15, -0.1) is 11.3 Å². The molecule has 1 aromatic carbocycles. The second-order valence-electron chi connectivity index (χ2n) is 4.12. The molecule has 0 aliphatic heterocycles. The number of nitrogens with two attached hydrogens (primary N) is 1. The maximum Gasteiger partial charge on any atom is 0.140 e. The zero-order valence-corrected chi connectivity index (χ0v) is 11.9. The Bertz CT molecular complexity index is 724. The van der Waals surface area contributed by atoms with Crippen LogP contribution in [0.1, 0.15) is 0 Å². The number of pyridine rings is 1. The predicted octanol–water partition coefficient (Wildman–Crippen LogP) is 3.81. The molecular weight excluding hydrogens is 292 g/mol. The minimum atomic E-state index is 0.616. The molecule has 0 aliphatic rings. The fourth-order valence-corrected chi connectivity index (χ4v) is 2.75.